The molecule has 1 aliphatic heterocycles. The van der Waals surface area contributed by atoms with Gasteiger partial charge < -0.3 is 10.1 Å². The first-order valence-electron chi connectivity index (χ1n) is 5.78. The number of aryl methyl sites for hydroxylation is 1. The molecule has 0 atom stereocenters. The van der Waals surface area contributed by atoms with Crippen LogP contribution < -0.4 is 21.3 Å². The maximum absolute atomic E-state index is 10.9. The third-order valence-electron chi connectivity index (χ3n) is 2.80. The number of hydrogen-bond acceptors (Lipinski definition) is 3. The van der Waals surface area contributed by atoms with Gasteiger partial charge in [-0.1, -0.05) is 12.1 Å². The Morgan fingerprint density at radius 3 is 3.18 bits per heavy atom. The van der Waals surface area contributed by atoms with Crippen molar-refractivity contribution in [3.05, 3.63) is 29.3 Å². The Bertz CT molecular complexity index is 407. The molecule has 4 N–H and O–H groups in total. The Kier molecular flexibility index (Phi) is 3.82. The highest BCUT2D eigenvalue weighted by atomic mass is 16.5. The molecule has 0 aromatic heterocycles. The highest BCUT2D eigenvalue weighted by molar-refractivity contribution is 5.72. The second kappa shape index (κ2) is 5.54. The van der Waals surface area contributed by atoms with Gasteiger partial charge in [0, 0.05) is 6.54 Å². The highest BCUT2D eigenvalue weighted by Crippen LogP contribution is 2.25. The van der Waals surface area contributed by atoms with Gasteiger partial charge in [-0.25, -0.2) is 10.6 Å². The number of nitrogens with two attached hydrogens (primary N) is 1. The fourth-order valence-corrected chi connectivity index (χ4v) is 1.94. The van der Waals surface area contributed by atoms with Gasteiger partial charge in [0.1, 0.15) is 5.75 Å². The van der Waals surface area contributed by atoms with Crippen LogP contribution in [0.1, 0.15) is 17.5 Å². The first-order chi connectivity index (χ1) is 8.29. The first kappa shape index (κ1) is 11.7. The average molecular weight is 235 g/mol. The van der Waals surface area contributed by atoms with Gasteiger partial charge in [-0.05, 0) is 36.5 Å². The summed E-state index contributed by atoms with van der Waals surface area (Å²) >= 11 is 0. The SMILES string of the molecule is NNC(=O)NCCc1ccc2c(c1)CCCO2. The minimum Gasteiger partial charge on any atom is -0.493 e. The number of carbonyl (C=O) groups excluding carboxylic acids is 1. The van der Waals surface area contributed by atoms with Crippen molar-refractivity contribution >= 4 is 6.03 Å². The third kappa shape index (κ3) is 3.10. The molecule has 5 nitrogen and oxygen atoms in total. The molecule has 5 heteroatoms. The van der Waals surface area contributed by atoms with Crippen molar-refractivity contribution in [2.24, 2.45) is 5.84 Å². The van der Waals surface area contributed by atoms with E-state index in [1.165, 1.54) is 11.1 Å². The number of benzene rings is 1. The minimum absolute atomic E-state index is 0.355. The predicted molar refractivity (Wildman–Crippen MR) is 64.7 cm³/mol. The van der Waals surface area contributed by atoms with Crippen LogP contribution in [-0.4, -0.2) is 19.2 Å². The maximum atomic E-state index is 10.9. The zero-order valence-electron chi connectivity index (χ0n) is 9.66. The first-order valence-corrected chi connectivity index (χ1v) is 5.78. The molecule has 1 aromatic rings. The van der Waals surface area contributed by atoms with E-state index in [0.717, 1.165) is 31.6 Å². The van der Waals surface area contributed by atoms with Crippen LogP contribution in [0.5, 0.6) is 5.75 Å². The van der Waals surface area contributed by atoms with Crippen molar-refractivity contribution < 1.29 is 9.53 Å². The van der Waals surface area contributed by atoms with E-state index in [1.807, 2.05) is 17.6 Å². The van der Waals surface area contributed by atoms with Crippen molar-refractivity contribution in [1.82, 2.24) is 10.7 Å². The molecule has 1 heterocycles. The van der Waals surface area contributed by atoms with E-state index in [9.17, 15) is 4.79 Å². The molecular weight excluding hydrogens is 218 g/mol. The summed E-state index contributed by atoms with van der Waals surface area (Å²) in [6.45, 7) is 1.38. The molecule has 0 unspecified atom stereocenters. The van der Waals surface area contributed by atoms with Gasteiger partial charge in [0.05, 0.1) is 6.61 Å². The van der Waals surface area contributed by atoms with Gasteiger partial charge in [-0.15, -0.1) is 0 Å². The Morgan fingerprint density at radius 2 is 2.35 bits per heavy atom. The quantitative estimate of drug-likeness (QED) is 0.410. The summed E-state index contributed by atoms with van der Waals surface area (Å²) in [6, 6.07) is 5.83. The number of rotatable bonds is 3. The number of fused-ring (bicyclic) bond motifs is 1. The van der Waals surface area contributed by atoms with E-state index >= 15 is 0 Å². The molecule has 2 amide bonds. The number of hydrazine groups is 1. The average Bonchev–Trinajstić information content (AvgIpc) is 2.38. The van der Waals surface area contributed by atoms with Gasteiger partial charge in [-0.3, -0.25) is 5.43 Å². The lowest BCUT2D eigenvalue weighted by atomic mass is 10.0. The number of ether oxygens (including phenoxy) is 1. The van der Waals surface area contributed by atoms with E-state index < -0.39 is 0 Å². The third-order valence-corrected chi connectivity index (χ3v) is 2.80. The maximum Gasteiger partial charge on any atom is 0.328 e. The van der Waals surface area contributed by atoms with Gasteiger partial charge in [0.25, 0.3) is 0 Å². The normalized spacial score (nSPS) is 13.5. The molecule has 92 valence electrons. The number of nitrogens with one attached hydrogen (secondary N) is 2. The number of urea groups is 1. The molecular formula is C12H17N3O2. The number of hydrogen-bond donors (Lipinski definition) is 3. The van der Waals surface area contributed by atoms with Crippen LogP contribution in [-0.2, 0) is 12.8 Å². The minimum atomic E-state index is -0.355. The van der Waals surface area contributed by atoms with Crippen molar-refractivity contribution in [1.29, 1.82) is 0 Å². The molecule has 0 fully saturated rings. The largest absolute Gasteiger partial charge is 0.493 e. The van der Waals surface area contributed by atoms with Crippen LogP contribution in [0.25, 0.3) is 0 Å². The van der Waals surface area contributed by atoms with Crippen molar-refractivity contribution in [3.63, 3.8) is 0 Å². The van der Waals surface area contributed by atoms with Crippen molar-refractivity contribution in [2.45, 2.75) is 19.3 Å². The van der Waals surface area contributed by atoms with Gasteiger partial charge in [0.15, 0.2) is 0 Å². The molecule has 1 aromatic carbocycles. The van der Waals surface area contributed by atoms with Crippen molar-refractivity contribution in [3.8, 4) is 5.75 Å². The number of amides is 2. The lowest BCUT2D eigenvalue weighted by Gasteiger charge is -2.17. The molecule has 1 aliphatic rings. The second-order valence-electron chi connectivity index (χ2n) is 4.04. The van der Waals surface area contributed by atoms with Crippen LogP contribution >= 0.6 is 0 Å². The van der Waals surface area contributed by atoms with E-state index in [2.05, 4.69) is 11.4 Å². The Labute approximate surface area is 100 Å². The van der Waals surface area contributed by atoms with E-state index in [-0.39, 0.29) is 6.03 Å². The summed E-state index contributed by atoms with van der Waals surface area (Å²) in [7, 11) is 0. The van der Waals surface area contributed by atoms with Crippen LogP contribution in [0.4, 0.5) is 4.79 Å². The molecule has 0 aliphatic carbocycles. The molecule has 0 saturated heterocycles. The molecule has 2 rings (SSSR count). The van der Waals surface area contributed by atoms with Gasteiger partial charge >= 0.3 is 6.03 Å². The van der Waals surface area contributed by atoms with Crippen LogP contribution in [0.15, 0.2) is 18.2 Å². The van der Waals surface area contributed by atoms with Crippen LogP contribution in [0, 0.1) is 0 Å². The van der Waals surface area contributed by atoms with Crippen molar-refractivity contribution in [2.75, 3.05) is 13.2 Å². The molecule has 0 saturated carbocycles. The lowest BCUT2D eigenvalue weighted by Crippen LogP contribution is -2.40. The Morgan fingerprint density at radius 1 is 1.47 bits per heavy atom. The zero-order chi connectivity index (χ0) is 12.1. The fourth-order valence-electron chi connectivity index (χ4n) is 1.94. The summed E-state index contributed by atoms with van der Waals surface area (Å²) in [5.41, 5.74) is 4.49. The van der Waals surface area contributed by atoms with E-state index in [4.69, 9.17) is 10.6 Å². The molecule has 17 heavy (non-hydrogen) atoms. The topological polar surface area (TPSA) is 76.4 Å². The Hall–Kier alpha value is -1.75. The summed E-state index contributed by atoms with van der Waals surface area (Å²) in [5, 5.41) is 2.65. The monoisotopic (exact) mass is 235 g/mol. The van der Waals surface area contributed by atoms with E-state index in [0.29, 0.717) is 6.54 Å². The van der Waals surface area contributed by atoms with Gasteiger partial charge in [-0.2, -0.15) is 0 Å². The highest BCUT2D eigenvalue weighted by Gasteiger charge is 2.10. The fraction of sp³-hybridized carbons (Fsp3) is 0.417. The van der Waals surface area contributed by atoms with E-state index in [1.54, 1.807) is 0 Å². The smallest absolute Gasteiger partial charge is 0.328 e. The standard InChI is InChI=1S/C12H17N3O2/c13-15-12(16)14-6-5-9-3-4-11-10(8-9)2-1-7-17-11/h3-4,8H,1-2,5-7,13H2,(H2,14,15,16). The predicted octanol–water partition coefficient (Wildman–Crippen LogP) is 0.727. The lowest BCUT2D eigenvalue weighted by molar-refractivity contribution is 0.241. The summed E-state index contributed by atoms with van der Waals surface area (Å²) in [5.74, 6) is 5.96. The second-order valence-corrected chi connectivity index (χ2v) is 4.04. The number of carbonyl (C=O) groups is 1. The zero-order valence-corrected chi connectivity index (χ0v) is 9.66. The summed E-state index contributed by atoms with van der Waals surface area (Å²) in [6.07, 6.45) is 2.94. The summed E-state index contributed by atoms with van der Waals surface area (Å²) < 4.78 is 5.54. The summed E-state index contributed by atoms with van der Waals surface area (Å²) in [4.78, 5) is 10.9. The van der Waals surface area contributed by atoms with Crippen LogP contribution in [0.3, 0.4) is 0 Å². The molecule has 0 bridgehead atoms. The molecule has 0 radical (unpaired) electrons. The molecule has 0 spiro atoms. The Balaban J connectivity index is 1.91. The van der Waals surface area contributed by atoms with Gasteiger partial charge in [0.2, 0.25) is 0 Å². The van der Waals surface area contributed by atoms with Crippen LogP contribution in [0.2, 0.25) is 0 Å².